The maximum Gasteiger partial charge on any atom is 0.217 e. The molecule has 0 radical (unpaired) electrons. The van der Waals surface area contributed by atoms with Gasteiger partial charge in [0.25, 0.3) is 0 Å². The molecule has 0 bridgehead atoms. The topological polar surface area (TPSA) is 51.5 Å². The van der Waals surface area contributed by atoms with E-state index in [0.717, 1.165) is 29.3 Å². The predicted molar refractivity (Wildman–Crippen MR) is 83.8 cm³/mol. The Morgan fingerprint density at radius 2 is 2.29 bits per heavy atom. The molecule has 5 nitrogen and oxygen atoms in total. The number of ether oxygens (including phenoxy) is 1. The molecule has 110 valence electrons. The lowest BCUT2D eigenvalue weighted by Crippen LogP contribution is -2.15. The summed E-state index contributed by atoms with van der Waals surface area (Å²) >= 11 is 1.66. The van der Waals surface area contributed by atoms with Gasteiger partial charge in [0.05, 0.1) is 18.0 Å². The molecule has 3 aromatic heterocycles. The molecule has 1 N–H and O–H groups in total. The van der Waals surface area contributed by atoms with Crippen LogP contribution in [0.5, 0.6) is 5.88 Å². The van der Waals surface area contributed by atoms with Gasteiger partial charge in [0.1, 0.15) is 0 Å². The normalized spacial score (nSPS) is 11.1. The Morgan fingerprint density at radius 1 is 1.38 bits per heavy atom. The highest BCUT2D eigenvalue weighted by Gasteiger charge is 2.09. The van der Waals surface area contributed by atoms with Crippen molar-refractivity contribution in [3.8, 4) is 5.88 Å². The van der Waals surface area contributed by atoms with E-state index in [1.807, 2.05) is 26.0 Å². The third kappa shape index (κ3) is 2.91. The van der Waals surface area contributed by atoms with Crippen molar-refractivity contribution >= 4 is 16.3 Å². The van der Waals surface area contributed by atoms with Gasteiger partial charge in [0.15, 0.2) is 4.96 Å². The van der Waals surface area contributed by atoms with Gasteiger partial charge in [0, 0.05) is 36.4 Å². The van der Waals surface area contributed by atoms with Gasteiger partial charge in [-0.3, -0.25) is 4.40 Å². The van der Waals surface area contributed by atoms with Gasteiger partial charge in [0.2, 0.25) is 5.88 Å². The Morgan fingerprint density at radius 3 is 3.14 bits per heavy atom. The Labute approximate surface area is 127 Å². The molecular weight excluding hydrogens is 284 g/mol. The van der Waals surface area contributed by atoms with Crippen LogP contribution in [0.4, 0.5) is 0 Å². The molecule has 3 heterocycles. The Balaban J connectivity index is 1.69. The summed E-state index contributed by atoms with van der Waals surface area (Å²) in [5.74, 6) is 0.707. The molecule has 0 aliphatic rings. The third-order valence-corrected chi connectivity index (χ3v) is 4.06. The quantitative estimate of drug-likeness (QED) is 0.761. The number of hydrogen-bond donors (Lipinski definition) is 1. The van der Waals surface area contributed by atoms with Crippen molar-refractivity contribution in [3.05, 3.63) is 46.9 Å². The minimum absolute atomic E-state index is 0.626. The highest BCUT2D eigenvalue weighted by atomic mass is 32.1. The lowest BCUT2D eigenvalue weighted by molar-refractivity contribution is 0.322. The van der Waals surface area contributed by atoms with Gasteiger partial charge in [-0.2, -0.15) is 0 Å². The molecule has 0 atom stereocenters. The zero-order chi connectivity index (χ0) is 14.7. The van der Waals surface area contributed by atoms with E-state index < -0.39 is 0 Å². The number of pyridine rings is 1. The number of hydrogen-bond acceptors (Lipinski definition) is 5. The number of nitrogens with zero attached hydrogens (tertiary/aromatic N) is 3. The summed E-state index contributed by atoms with van der Waals surface area (Å²) in [6.07, 6.45) is 3.82. The first-order valence-corrected chi connectivity index (χ1v) is 7.86. The average Bonchev–Trinajstić information content (AvgIpc) is 3.03. The Bertz CT molecular complexity index is 734. The molecule has 0 aliphatic heterocycles. The van der Waals surface area contributed by atoms with Crippen LogP contribution in [0, 0.1) is 6.92 Å². The van der Waals surface area contributed by atoms with Crippen LogP contribution in [-0.4, -0.2) is 21.0 Å². The monoisotopic (exact) mass is 302 g/mol. The van der Waals surface area contributed by atoms with Crippen LogP contribution in [0.3, 0.4) is 0 Å². The van der Waals surface area contributed by atoms with E-state index in [0.29, 0.717) is 12.5 Å². The van der Waals surface area contributed by atoms with Gasteiger partial charge in [-0.05, 0) is 19.9 Å². The predicted octanol–water partition coefficient (Wildman–Crippen LogP) is 2.79. The number of rotatable bonds is 6. The summed E-state index contributed by atoms with van der Waals surface area (Å²) in [6, 6.07) is 3.97. The lowest BCUT2D eigenvalue weighted by atomic mass is 10.2. The second kappa shape index (κ2) is 6.24. The van der Waals surface area contributed by atoms with Crippen LogP contribution in [0.1, 0.15) is 23.9 Å². The first kappa shape index (κ1) is 14.0. The van der Waals surface area contributed by atoms with Crippen molar-refractivity contribution in [2.75, 3.05) is 6.61 Å². The van der Waals surface area contributed by atoms with Crippen molar-refractivity contribution in [2.24, 2.45) is 0 Å². The maximum absolute atomic E-state index is 5.54. The zero-order valence-corrected chi connectivity index (χ0v) is 13.0. The van der Waals surface area contributed by atoms with Crippen LogP contribution in [0.15, 0.2) is 29.9 Å². The number of nitrogens with one attached hydrogen (secondary N) is 1. The number of thiazole rings is 1. The smallest absolute Gasteiger partial charge is 0.217 e. The molecule has 6 heteroatoms. The van der Waals surface area contributed by atoms with Crippen LogP contribution in [-0.2, 0) is 13.1 Å². The van der Waals surface area contributed by atoms with Gasteiger partial charge in [-0.1, -0.05) is 6.07 Å². The van der Waals surface area contributed by atoms with E-state index in [9.17, 15) is 0 Å². The number of aromatic nitrogens is 3. The third-order valence-electron chi connectivity index (χ3n) is 3.30. The Hall–Kier alpha value is -1.92. The summed E-state index contributed by atoms with van der Waals surface area (Å²) < 4.78 is 7.68. The molecular formula is C15H18N4OS. The fraction of sp³-hybridized carbons (Fsp3) is 0.333. The molecule has 0 unspecified atom stereocenters. The molecule has 0 saturated heterocycles. The molecule has 0 spiro atoms. The van der Waals surface area contributed by atoms with Crippen LogP contribution in [0.2, 0.25) is 0 Å². The van der Waals surface area contributed by atoms with E-state index in [1.165, 1.54) is 5.69 Å². The van der Waals surface area contributed by atoms with Gasteiger partial charge in [-0.25, -0.2) is 9.97 Å². The molecule has 21 heavy (non-hydrogen) atoms. The summed E-state index contributed by atoms with van der Waals surface area (Å²) in [6.45, 7) is 6.13. The van der Waals surface area contributed by atoms with E-state index in [1.54, 1.807) is 17.5 Å². The summed E-state index contributed by atoms with van der Waals surface area (Å²) in [7, 11) is 0. The van der Waals surface area contributed by atoms with Crippen molar-refractivity contribution in [1.82, 2.24) is 19.7 Å². The van der Waals surface area contributed by atoms with Crippen molar-refractivity contribution in [2.45, 2.75) is 26.9 Å². The van der Waals surface area contributed by atoms with E-state index >= 15 is 0 Å². The molecule has 3 aromatic rings. The largest absolute Gasteiger partial charge is 0.478 e. The molecule has 0 fully saturated rings. The summed E-state index contributed by atoms with van der Waals surface area (Å²) in [4.78, 5) is 9.86. The van der Waals surface area contributed by atoms with E-state index in [-0.39, 0.29) is 0 Å². The molecule has 0 saturated carbocycles. The summed E-state index contributed by atoms with van der Waals surface area (Å²) in [5.41, 5.74) is 3.35. The minimum Gasteiger partial charge on any atom is -0.478 e. The fourth-order valence-electron chi connectivity index (χ4n) is 2.29. The van der Waals surface area contributed by atoms with E-state index in [4.69, 9.17) is 4.74 Å². The van der Waals surface area contributed by atoms with Crippen LogP contribution in [0.25, 0.3) is 4.96 Å². The fourth-order valence-corrected chi connectivity index (χ4v) is 3.07. The summed E-state index contributed by atoms with van der Waals surface area (Å²) in [5, 5.41) is 5.50. The Kier molecular flexibility index (Phi) is 4.17. The van der Waals surface area contributed by atoms with Gasteiger partial charge < -0.3 is 10.1 Å². The number of aryl methyl sites for hydroxylation is 1. The highest BCUT2D eigenvalue weighted by Crippen LogP contribution is 2.17. The van der Waals surface area contributed by atoms with Crippen molar-refractivity contribution < 1.29 is 4.74 Å². The first-order chi connectivity index (χ1) is 10.3. The maximum atomic E-state index is 5.54. The highest BCUT2D eigenvalue weighted by molar-refractivity contribution is 7.15. The number of fused-ring (bicyclic) bond motifs is 1. The molecule has 0 aliphatic carbocycles. The second-order valence-electron chi connectivity index (χ2n) is 4.70. The average molecular weight is 302 g/mol. The standard InChI is InChI=1S/C15H18N4OS/c1-3-20-14-12(5-4-6-17-14)9-16-10-13-11(2)18-15-19(13)7-8-21-15/h4-8,16H,3,9-10H2,1-2H3. The van der Waals surface area contributed by atoms with Crippen LogP contribution >= 0.6 is 11.3 Å². The molecule has 0 aromatic carbocycles. The van der Waals surface area contributed by atoms with Gasteiger partial charge in [-0.15, -0.1) is 11.3 Å². The van der Waals surface area contributed by atoms with Crippen LogP contribution < -0.4 is 10.1 Å². The molecule has 0 amide bonds. The van der Waals surface area contributed by atoms with E-state index in [2.05, 4.69) is 31.3 Å². The lowest BCUT2D eigenvalue weighted by Gasteiger charge is -2.09. The zero-order valence-electron chi connectivity index (χ0n) is 12.2. The first-order valence-electron chi connectivity index (χ1n) is 6.98. The second-order valence-corrected chi connectivity index (χ2v) is 5.58. The SMILES string of the molecule is CCOc1ncccc1CNCc1c(C)nc2sccn12. The van der Waals surface area contributed by atoms with Crippen molar-refractivity contribution in [3.63, 3.8) is 0 Å². The van der Waals surface area contributed by atoms with Crippen molar-refractivity contribution in [1.29, 1.82) is 0 Å². The molecule has 3 rings (SSSR count). The number of imidazole rings is 1. The van der Waals surface area contributed by atoms with Gasteiger partial charge >= 0.3 is 0 Å². The minimum atomic E-state index is 0.626.